The molecule has 0 aromatic carbocycles. The topological polar surface area (TPSA) is 26.3 Å². The number of esters is 1. The number of halogens is 1. The van der Waals surface area contributed by atoms with Crippen molar-refractivity contribution in [2.45, 2.75) is 77.1 Å². The number of alkyl halides is 1. The molecule has 114 valence electrons. The number of rotatable bonds is 10. The maximum Gasteiger partial charge on any atom is 0.321 e. The molecule has 2 nitrogen and oxygen atoms in total. The van der Waals surface area contributed by atoms with Crippen LogP contribution in [0, 0.1) is 0 Å². The van der Waals surface area contributed by atoms with Gasteiger partial charge in [0.05, 0.1) is 0 Å². The van der Waals surface area contributed by atoms with Crippen LogP contribution in [0.2, 0.25) is 0 Å². The van der Waals surface area contributed by atoms with Crippen LogP contribution < -0.4 is 0 Å². The van der Waals surface area contributed by atoms with Gasteiger partial charge in [-0.2, -0.15) is 11.8 Å². The number of hydrogen-bond acceptors (Lipinski definition) is 3. The summed E-state index contributed by atoms with van der Waals surface area (Å²) in [7, 11) is 0. The Bertz CT molecular complexity index is 239. The van der Waals surface area contributed by atoms with Crippen LogP contribution in [0.25, 0.3) is 0 Å². The van der Waals surface area contributed by atoms with Crippen molar-refractivity contribution >= 4 is 29.3 Å². The van der Waals surface area contributed by atoms with Crippen molar-refractivity contribution < 1.29 is 9.53 Å². The van der Waals surface area contributed by atoms with Gasteiger partial charge in [-0.1, -0.05) is 53.4 Å². The van der Waals surface area contributed by atoms with Crippen LogP contribution in [-0.2, 0) is 9.53 Å². The van der Waals surface area contributed by atoms with Gasteiger partial charge in [0.2, 0.25) is 0 Å². The average molecular weight is 309 g/mol. The van der Waals surface area contributed by atoms with Gasteiger partial charge in [0.25, 0.3) is 0 Å². The summed E-state index contributed by atoms with van der Waals surface area (Å²) in [6.07, 6.45) is 7.15. The van der Waals surface area contributed by atoms with E-state index in [1.165, 1.54) is 25.7 Å². The molecule has 0 saturated carbocycles. The van der Waals surface area contributed by atoms with E-state index in [4.69, 9.17) is 16.3 Å². The van der Waals surface area contributed by atoms with Crippen molar-refractivity contribution in [1.29, 1.82) is 0 Å². The predicted molar refractivity (Wildman–Crippen MR) is 86.2 cm³/mol. The molecule has 0 spiro atoms. The van der Waals surface area contributed by atoms with Crippen molar-refractivity contribution in [3.05, 3.63) is 0 Å². The Labute approximate surface area is 128 Å². The molecule has 0 aliphatic heterocycles. The number of carbonyl (C=O) groups excluding carboxylic acids is 1. The van der Waals surface area contributed by atoms with Crippen molar-refractivity contribution in [2.24, 2.45) is 0 Å². The lowest BCUT2D eigenvalue weighted by Gasteiger charge is -2.23. The van der Waals surface area contributed by atoms with Crippen LogP contribution in [0.4, 0.5) is 0 Å². The van der Waals surface area contributed by atoms with E-state index in [1.807, 2.05) is 11.8 Å². The maximum atomic E-state index is 11.3. The lowest BCUT2D eigenvalue weighted by molar-refractivity contribution is -0.145. The van der Waals surface area contributed by atoms with Gasteiger partial charge in [-0.25, -0.2) is 0 Å². The zero-order valence-electron chi connectivity index (χ0n) is 12.8. The summed E-state index contributed by atoms with van der Waals surface area (Å²) in [5.41, 5.74) is 0. The smallest absolute Gasteiger partial charge is 0.321 e. The van der Waals surface area contributed by atoms with Gasteiger partial charge in [0.1, 0.15) is 12.0 Å². The molecule has 0 fully saturated rings. The first-order valence-electron chi connectivity index (χ1n) is 7.28. The molecule has 0 rings (SSSR count). The van der Waals surface area contributed by atoms with E-state index in [2.05, 4.69) is 27.7 Å². The van der Waals surface area contributed by atoms with Gasteiger partial charge in [0, 0.05) is 10.5 Å². The summed E-state index contributed by atoms with van der Waals surface area (Å²) in [5.74, 6) is 0.515. The van der Waals surface area contributed by atoms with Crippen molar-refractivity contribution in [3.63, 3.8) is 0 Å². The van der Waals surface area contributed by atoms with E-state index in [-0.39, 0.29) is 22.7 Å². The van der Waals surface area contributed by atoms with Crippen molar-refractivity contribution in [2.75, 3.05) is 11.6 Å². The first kappa shape index (κ1) is 19.1. The van der Waals surface area contributed by atoms with E-state index < -0.39 is 0 Å². The van der Waals surface area contributed by atoms with Crippen LogP contribution in [0.1, 0.15) is 66.2 Å². The SMILES string of the molecule is CCCCCCCC(CSC(C)(C)C)OC(=O)CCl. The standard InChI is InChI=1S/C15H29ClO2S/c1-5-6-7-8-9-10-13(18-14(17)11-16)12-19-15(2,3)4/h13H,5-12H2,1-4H3. The highest BCUT2D eigenvalue weighted by molar-refractivity contribution is 8.00. The van der Waals surface area contributed by atoms with Gasteiger partial charge in [-0.05, 0) is 12.8 Å². The summed E-state index contributed by atoms with van der Waals surface area (Å²) in [5, 5.41) is 0. The Hall–Kier alpha value is 0.110. The summed E-state index contributed by atoms with van der Waals surface area (Å²) >= 11 is 7.35. The van der Waals surface area contributed by atoms with E-state index in [9.17, 15) is 4.79 Å². The zero-order chi connectivity index (χ0) is 14.7. The van der Waals surface area contributed by atoms with Crippen molar-refractivity contribution in [1.82, 2.24) is 0 Å². The van der Waals surface area contributed by atoms with E-state index in [0.717, 1.165) is 18.6 Å². The van der Waals surface area contributed by atoms with E-state index in [1.54, 1.807) is 0 Å². The summed E-state index contributed by atoms with van der Waals surface area (Å²) in [6.45, 7) is 8.75. The molecule has 0 bridgehead atoms. The Morgan fingerprint density at radius 3 is 2.37 bits per heavy atom. The molecule has 1 unspecified atom stereocenters. The lowest BCUT2D eigenvalue weighted by atomic mass is 10.1. The summed E-state index contributed by atoms with van der Waals surface area (Å²) < 4.78 is 5.61. The highest BCUT2D eigenvalue weighted by atomic mass is 35.5. The average Bonchev–Trinajstić information content (AvgIpc) is 2.34. The first-order valence-corrected chi connectivity index (χ1v) is 8.80. The molecule has 0 aliphatic carbocycles. The maximum absolute atomic E-state index is 11.3. The minimum absolute atomic E-state index is 0.0112. The number of hydrogen-bond donors (Lipinski definition) is 0. The van der Waals surface area contributed by atoms with E-state index >= 15 is 0 Å². The number of thioether (sulfide) groups is 1. The molecule has 4 heteroatoms. The monoisotopic (exact) mass is 308 g/mol. The molecular weight excluding hydrogens is 280 g/mol. The third kappa shape index (κ3) is 12.9. The minimum atomic E-state index is -0.297. The molecule has 1 atom stereocenters. The van der Waals surface area contributed by atoms with Gasteiger partial charge < -0.3 is 4.74 Å². The zero-order valence-corrected chi connectivity index (χ0v) is 14.4. The highest BCUT2D eigenvalue weighted by Gasteiger charge is 2.18. The molecule has 0 amide bonds. The fourth-order valence-electron chi connectivity index (χ4n) is 1.71. The van der Waals surface area contributed by atoms with Crippen LogP contribution in [0.15, 0.2) is 0 Å². The number of ether oxygens (including phenoxy) is 1. The van der Waals surface area contributed by atoms with Gasteiger partial charge in [-0.3, -0.25) is 4.79 Å². The molecular formula is C15H29ClO2S. The number of unbranched alkanes of at least 4 members (excludes halogenated alkanes) is 4. The number of carbonyl (C=O) groups is 1. The van der Waals surface area contributed by atoms with Crippen molar-refractivity contribution in [3.8, 4) is 0 Å². The molecule has 0 N–H and O–H groups in total. The Kier molecular flexibility index (Phi) is 10.9. The molecule has 0 aromatic rings. The molecule has 0 aromatic heterocycles. The Balaban J connectivity index is 4.00. The van der Waals surface area contributed by atoms with Gasteiger partial charge in [-0.15, -0.1) is 11.6 Å². The fraction of sp³-hybridized carbons (Fsp3) is 0.933. The van der Waals surface area contributed by atoms with Crippen LogP contribution >= 0.6 is 23.4 Å². The normalized spacial score (nSPS) is 13.3. The summed E-state index contributed by atoms with van der Waals surface area (Å²) in [4.78, 5) is 11.3. The van der Waals surface area contributed by atoms with Crippen LogP contribution in [-0.4, -0.2) is 28.5 Å². The van der Waals surface area contributed by atoms with E-state index in [0.29, 0.717) is 0 Å². The molecule has 0 radical (unpaired) electrons. The molecule has 0 heterocycles. The van der Waals surface area contributed by atoms with Gasteiger partial charge in [0.15, 0.2) is 0 Å². The second-order valence-electron chi connectivity index (χ2n) is 5.87. The predicted octanol–water partition coefficient (Wildman–Crippen LogP) is 5.03. The quantitative estimate of drug-likeness (QED) is 0.322. The summed E-state index contributed by atoms with van der Waals surface area (Å²) in [6, 6.07) is 0. The molecule has 19 heavy (non-hydrogen) atoms. The second kappa shape index (κ2) is 10.8. The third-order valence-corrected chi connectivity index (χ3v) is 4.36. The second-order valence-corrected chi connectivity index (χ2v) is 7.99. The minimum Gasteiger partial charge on any atom is -0.461 e. The lowest BCUT2D eigenvalue weighted by Crippen LogP contribution is -2.24. The Morgan fingerprint density at radius 2 is 1.84 bits per heavy atom. The largest absolute Gasteiger partial charge is 0.461 e. The first-order chi connectivity index (χ1) is 8.89. The van der Waals surface area contributed by atoms with Gasteiger partial charge >= 0.3 is 5.97 Å². The third-order valence-electron chi connectivity index (χ3n) is 2.74. The van der Waals surface area contributed by atoms with Crippen LogP contribution in [0.3, 0.4) is 0 Å². The fourth-order valence-corrected chi connectivity index (χ4v) is 2.70. The molecule has 0 saturated heterocycles. The van der Waals surface area contributed by atoms with Crippen LogP contribution in [0.5, 0.6) is 0 Å². The molecule has 0 aliphatic rings. The highest BCUT2D eigenvalue weighted by Crippen LogP contribution is 2.26. The Morgan fingerprint density at radius 1 is 1.21 bits per heavy atom.